The molecule has 0 unspecified atom stereocenters. The smallest absolute Gasteiger partial charge is 0.191 e. The van der Waals surface area contributed by atoms with Gasteiger partial charge in [-0.3, -0.25) is 10.1 Å². The van der Waals surface area contributed by atoms with Crippen LogP contribution < -0.4 is 10.6 Å². The normalized spacial score (nSPS) is 11.0. The molecule has 2 aromatic carbocycles. The fraction of sp³-hybridized carbons (Fsp3) is 0.211. The van der Waals surface area contributed by atoms with Crippen molar-refractivity contribution in [2.45, 2.75) is 13.0 Å². The maximum absolute atomic E-state index is 6.19. The Morgan fingerprint density at radius 3 is 2.74 bits per heavy atom. The minimum atomic E-state index is 0. The second-order valence-corrected chi connectivity index (χ2v) is 6.14. The Kier molecular flexibility index (Phi) is 8.53. The maximum atomic E-state index is 6.19. The van der Waals surface area contributed by atoms with Crippen molar-refractivity contribution in [1.82, 2.24) is 25.8 Å². The molecule has 0 fully saturated rings. The molecular weight excluding hydrogens is 475 g/mol. The largest absolute Gasteiger partial charge is 0.356 e. The highest BCUT2D eigenvalue weighted by atomic mass is 127. The molecule has 3 rings (SSSR count). The topological polar surface area (TPSA) is 78.0 Å². The molecule has 0 saturated carbocycles. The van der Waals surface area contributed by atoms with Crippen LogP contribution in [-0.2, 0) is 13.0 Å². The number of aromatic nitrogens is 3. The molecule has 142 valence electrons. The highest BCUT2D eigenvalue weighted by molar-refractivity contribution is 14.0. The first kappa shape index (κ1) is 21.2. The highest BCUT2D eigenvalue weighted by Gasteiger charge is 2.04. The molecule has 0 bridgehead atoms. The van der Waals surface area contributed by atoms with Crippen molar-refractivity contribution >= 4 is 41.5 Å². The third-order valence-corrected chi connectivity index (χ3v) is 4.31. The molecule has 27 heavy (non-hydrogen) atoms. The SMILES string of the molecule is CN=C(NCCc1ccccc1Cl)NCc1cccc(-c2ncn[nH]2)c1.I. The van der Waals surface area contributed by atoms with Crippen molar-refractivity contribution in [2.75, 3.05) is 13.6 Å². The van der Waals surface area contributed by atoms with E-state index < -0.39 is 0 Å². The molecule has 1 aromatic heterocycles. The number of guanidine groups is 1. The van der Waals surface area contributed by atoms with Crippen LogP contribution >= 0.6 is 35.6 Å². The van der Waals surface area contributed by atoms with Gasteiger partial charge in [0.25, 0.3) is 0 Å². The quantitative estimate of drug-likeness (QED) is 0.277. The summed E-state index contributed by atoms with van der Waals surface area (Å²) >= 11 is 6.19. The summed E-state index contributed by atoms with van der Waals surface area (Å²) in [6, 6.07) is 16.0. The average molecular weight is 497 g/mol. The van der Waals surface area contributed by atoms with Crippen molar-refractivity contribution in [2.24, 2.45) is 4.99 Å². The summed E-state index contributed by atoms with van der Waals surface area (Å²) in [6.45, 7) is 1.41. The molecule has 6 nitrogen and oxygen atoms in total. The monoisotopic (exact) mass is 496 g/mol. The summed E-state index contributed by atoms with van der Waals surface area (Å²) in [6.07, 6.45) is 2.34. The van der Waals surface area contributed by atoms with Gasteiger partial charge in [-0.1, -0.05) is 48.0 Å². The van der Waals surface area contributed by atoms with Gasteiger partial charge in [0, 0.05) is 30.7 Å². The molecule has 8 heteroatoms. The lowest BCUT2D eigenvalue weighted by atomic mass is 10.1. The van der Waals surface area contributed by atoms with E-state index in [9.17, 15) is 0 Å². The van der Waals surface area contributed by atoms with Crippen LogP contribution in [0.15, 0.2) is 59.9 Å². The van der Waals surface area contributed by atoms with Crippen LogP contribution in [0.25, 0.3) is 11.4 Å². The minimum absolute atomic E-state index is 0. The van der Waals surface area contributed by atoms with Crippen molar-refractivity contribution in [3.8, 4) is 11.4 Å². The zero-order valence-electron chi connectivity index (χ0n) is 14.9. The van der Waals surface area contributed by atoms with Gasteiger partial charge in [0.1, 0.15) is 6.33 Å². The van der Waals surface area contributed by atoms with E-state index in [2.05, 4.69) is 42.9 Å². The summed E-state index contributed by atoms with van der Waals surface area (Å²) < 4.78 is 0. The fourth-order valence-electron chi connectivity index (χ4n) is 2.60. The standard InChI is InChI=1S/C19H21ClN6.HI/c1-21-19(22-10-9-15-6-2-3-8-17(15)20)23-12-14-5-4-7-16(11-14)18-24-13-25-26-18;/h2-8,11,13H,9-10,12H2,1H3,(H2,21,22,23)(H,24,25,26);1H. The van der Waals surface area contributed by atoms with E-state index in [1.807, 2.05) is 36.4 Å². The van der Waals surface area contributed by atoms with Gasteiger partial charge in [0.05, 0.1) is 0 Å². The van der Waals surface area contributed by atoms with E-state index in [1.165, 1.54) is 6.33 Å². The molecule has 0 aliphatic heterocycles. The summed E-state index contributed by atoms with van der Waals surface area (Å²) in [5, 5.41) is 14.2. The Morgan fingerprint density at radius 1 is 1.15 bits per heavy atom. The van der Waals surface area contributed by atoms with Crippen molar-refractivity contribution in [3.63, 3.8) is 0 Å². The number of rotatable bonds is 6. The average Bonchev–Trinajstić information content (AvgIpc) is 3.21. The molecule has 3 aromatic rings. The van der Waals surface area contributed by atoms with Crippen LogP contribution in [0, 0.1) is 0 Å². The molecule has 3 N–H and O–H groups in total. The van der Waals surface area contributed by atoms with Gasteiger partial charge in [0.2, 0.25) is 0 Å². The number of aromatic amines is 1. The zero-order valence-corrected chi connectivity index (χ0v) is 18.0. The third kappa shape index (κ3) is 6.21. The van der Waals surface area contributed by atoms with Gasteiger partial charge in [-0.25, -0.2) is 4.98 Å². The van der Waals surface area contributed by atoms with E-state index in [4.69, 9.17) is 11.6 Å². The Labute approximate surface area is 180 Å². The van der Waals surface area contributed by atoms with Gasteiger partial charge < -0.3 is 10.6 Å². The Balaban J connectivity index is 0.00000261. The molecule has 0 aliphatic rings. The van der Waals surface area contributed by atoms with Crippen molar-refractivity contribution in [1.29, 1.82) is 0 Å². The molecule has 0 spiro atoms. The first-order valence-corrected chi connectivity index (χ1v) is 8.76. The predicted octanol–water partition coefficient (Wildman–Crippen LogP) is 3.65. The minimum Gasteiger partial charge on any atom is -0.356 e. The molecule has 0 amide bonds. The first-order chi connectivity index (χ1) is 12.8. The van der Waals surface area contributed by atoms with Crippen LogP contribution in [-0.4, -0.2) is 34.7 Å². The molecule has 0 atom stereocenters. The molecule has 0 saturated heterocycles. The fourth-order valence-corrected chi connectivity index (χ4v) is 2.83. The lowest BCUT2D eigenvalue weighted by molar-refractivity contribution is 0.795. The predicted molar refractivity (Wildman–Crippen MR) is 121 cm³/mol. The third-order valence-electron chi connectivity index (χ3n) is 3.94. The first-order valence-electron chi connectivity index (χ1n) is 8.39. The van der Waals surface area contributed by atoms with Gasteiger partial charge in [-0.15, -0.1) is 24.0 Å². The number of nitrogens with one attached hydrogen (secondary N) is 3. The summed E-state index contributed by atoms with van der Waals surface area (Å²) in [4.78, 5) is 8.44. The number of benzene rings is 2. The summed E-state index contributed by atoms with van der Waals surface area (Å²) in [7, 11) is 1.76. The number of hydrogen-bond donors (Lipinski definition) is 3. The number of H-pyrrole nitrogens is 1. The number of halogens is 2. The molecule has 0 aliphatic carbocycles. The van der Waals surface area contributed by atoms with E-state index >= 15 is 0 Å². The van der Waals surface area contributed by atoms with Gasteiger partial charge in [0.15, 0.2) is 11.8 Å². The second-order valence-electron chi connectivity index (χ2n) is 5.73. The van der Waals surface area contributed by atoms with E-state index in [0.717, 1.165) is 46.5 Å². The maximum Gasteiger partial charge on any atom is 0.191 e. The molecule has 0 radical (unpaired) electrons. The second kappa shape index (κ2) is 10.9. The van der Waals surface area contributed by atoms with Crippen LogP contribution in [0.3, 0.4) is 0 Å². The van der Waals surface area contributed by atoms with E-state index in [1.54, 1.807) is 7.05 Å². The van der Waals surface area contributed by atoms with Crippen molar-refractivity contribution < 1.29 is 0 Å². The van der Waals surface area contributed by atoms with Crippen LogP contribution in [0.2, 0.25) is 5.02 Å². The lowest BCUT2D eigenvalue weighted by Crippen LogP contribution is -2.37. The van der Waals surface area contributed by atoms with Gasteiger partial charge in [-0.2, -0.15) is 5.10 Å². The number of nitrogens with zero attached hydrogens (tertiary/aromatic N) is 3. The lowest BCUT2D eigenvalue weighted by Gasteiger charge is -2.13. The van der Waals surface area contributed by atoms with E-state index in [-0.39, 0.29) is 24.0 Å². The van der Waals surface area contributed by atoms with E-state index in [0.29, 0.717) is 6.54 Å². The summed E-state index contributed by atoms with van der Waals surface area (Å²) in [5.74, 6) is 1.51. The van der Waals surface area contributed by atoms with Gasteiger partial charge in [-0.05, 0) is 29.7 Å². The molecular formula is C19H22ClIN6. The van der Waals surface area contributed by atoms with Crippen LogP contribution in [0.5, 0.6) is 0 Å². The Bertz CT molecular complexity index is 866. The summed E-state index contributed by atoms with van der Waals surface area (Å²) in [5.41, 5.74) is 3.26. The molecule has 1 heterocycles. The van der Waals surface area contributed by atoms with Gasteiger partial charge >= 0.3 is 0 Å². The Hall–Kier alpha value is -2.13. The number of hydrogen-bond acceptors (Lipinski definition) is 3. The Morgan fingerprint density at radius 2 is 2.00 bits per heavy atom. The van der Waals surface area contributed by atoms with Crippen LogP contribution in [0.1, 0.15) is 11.1 Å². The zero-order chi connectivity index (χ0) is 18.2. The van der Waals surface area contributed by atoms with Crippen molar-refractivity contribution in [3.05, 3.63) is 71.0 Å². The number of aliphatic imine (C=N–C) groups is 1. The van der Waals surface area contributed by atoms with Crippen LogP contribution in [0.4, 0.5) is 0 Å². The highest BCUT2D eigenvalue weighted by Crippen LogP contribution is 2.16.